The Labute approximate surface area is 95.6 Å². The second-order valence-electron chi connectivity index (χ2n) is 4.78. The first kappa shape index (κ1) is 12.4. The van der Waals surface area contributed by atoms with Gasteiger partial charge in [0.15, 0.2) is 13.4 Å². The third-order valence-corrected chi connectivity index (χ3v) is 3.35. The number of aryl methyl sites for hydroxylation is 1. The molecule has 0 amide bonds. The molecule has 0 atom stereocenters. The van der Waals surface area contributed by atoms with E-state index in [0.717, 1.165) is 6.42 Å². The minimum atomic E-state index is 0.643. The molecule has 0 radical (unpaired) electrons. The van der Waals surface area contributed by atoms with Crippen LogP contribution in [0.4, 0.5) is 0 Å². The minimum Gasteiger partial charge on any atom is -0.0819 e. The monoisotopic (exact) mass is 200 g/mol. The van der Waals surface area contributed by atoms with Crippen molar-refractivity contribution in [2.24, 2.45) is 0 Å². The van der Waals surface area contributed by atoms with Crippen molar-refractivity contribution >= 4 is 24.4 Å². The highest BCUT2D eigenvalue weighted by Gasteiger charge is 2.12. The minimum absolute atomic E-state index is 0.643. The van der Waals surface area contributed by atoms with E-state index in [9.17, 15) is 0 Å². The first-order valence-electron chi connectivity index (χ1n) is 6.22. The lowest BCUT2D eigenvalue weighted by Crippen LogP contribution is -2.35. The maximum atomic E-state index is 2.41. The van der Waals surface area contributed by atoms with Gasteiger partial charge >= 0.3 is 0 Å². The van der Waals surface area contributed by atoms with E-state index in [2.05, 4.69) is 52.5 Å². The van der Waals surface area contributed by atoms with Crippen LogP contribution in [0.3, 0.4) is 0 Å². The van der Waals surface area contributed by atoms with E-state index in [4.69, 9.17) is 0 Å². The predicted molar refractivity (Wildman–Crippen MR) is 74.7 cm³/mol. The molecule has 1 rings (SSSR count). The normalized spacial score (nSPS) is 10.2. The SMILES string of the molecule is CCB(C)c1ccc(CC)c(B(C)C)c1. The Morgan fingerprint density at radius 3 is 2.20 bits per heavy atom. The quantitative estimate of drug-likeness (QED) is 0.655. The second kappa shape index (κ2) is 5.44. The summed E-state index contributed by atoms with van der Waals surface area (Å²) in [7, 11) is 0. The van der Waals surface area contributed by atoms with E-state index >= 15 is 0 Å². The molecule has 0 saturated carbocycles. The molecule has 0 aromatic heterocycles. The zero-order chi connectivity index (χ0) is 11.4. The average Bonchev–Trinajstić information content (AvgIpc) is 2.27. The van der Waals surface area contributed by atoms with E-state index in [1.807, 2.05) is 0 Å². The van der Waals surface area contributed by atoms with Crippen molar-refractivity contribution in [1.29, 1.82) is 0 Å². The van der Waals surface area contributed by atoms with Crippen LogP contribution in [0.15, 0.2) is 18.2 Å². The van der Waals surface area contributed by atoms with Crippen LogP contribution < -0.4 is 10.9 Å². The molecule has 80 valence electrons. The summed E-state index contributed by atoms with van der Waals surface area (Å²) in [6.45, 7) is 12.7. The molecule has 0 aliphatic heterocycles. The third kappa shape index (κ3) is 2.90. The van der Waals surface area contributed by atoms with Crippen molar-refractivity contribution in [3.63, 3.8) is 0 Å². The highest BCUT2D eigenvalue weighted by Crippen LogP contribution is 2.01. The van der Waals surface area contributed by atoms with Gasteiger partial charge in [0.25, 0.3) is 0 Å². The summed E-state index contributed by atoms with van der Waals surface area (Å²) >= 11 is 0. The first-order chi connectivity index (χ1) is 7.10. The fraction of sp³-hybridized carbons (Fsp3) is 0.538. The predicted octanol–water partition coefficient (Wildman–Crippen LogP) is 2.56. The summed E-state index contributed by atoms with van der Waals surface area (Å²) in [6, 6.07) is 7.04. The maximum Gasteiger partial charge on any atom is 0.172 e. The van der Waals surface area contributed by atoms with Gasteiger partial charge in [-0.25, -0.2) is 0 Å². The number of hydrogen-bond acceptors (Lipinski definition) is 0. The van der Waals surface area contributed by atoms with Crippen molar-refractivity contribution < 1.29 is 0 Å². The Hall–Kier alpha value is -0.650. The van der Waals surface area contributed by atoms with Gasteiger partial charge < -0.3 is 0 Å². The molecular weight excluding hydrogens is 178 g/mol. The summed E-state index contributed by atoms with van der Waals surface area (Å²) in [4.78, 5) is 0. The third-order valence-electron chi connectivity index (χ3n) is 3.35. The molecule has 0 nitrogen and oxygen atoms in total. The fourth-order valence-corrected chi connectivity index (χ4v) is 2.02. The van der Waals surface area contributed by atoms with Crippen LogP contribution in [0.2, 0.25) is 26.8 Å². The molecule has 0 saturated heterocycles. The van der Waals surface area contributed by atoms with Gasteiger partial charge in [-0.1, -0.05) is 75.3 Å². The highest BCUT2D eigenvalue weighted by atomic mass is 14.0. The van der Waals surface area contributed by atoms with Gasteiger partial charge in [-0.15, -0.1) is 0 Å². The van der Waals surface area contributed by atoms with Crippen LogP contribution in [0.1, 0.15) is 19.4 Å². The maximum absolute atomic E-state index is 2.41. The second-order valence-corrected chi connectivity index (χ2v) is 4.78. The Balaban J connectivity index is 3.10. The molecule has 0 aliphatic carbocycles. The molecule has 0 aliphatic rings. The van der Waals surface area contributed by atoms with Crippen molar-refractivity contribution in [1.82, 2.24) is 0 Å². The lowest BCUT2D eigenvalue weighted by molar-refractivity contribution is 1.15. The first-order valence-corrected chi connectivity index (χ1v) is 6.22. The lowest BCUT2D eigenvalue weighted by Gasteiger charge is -2.14. The smallest absolute Gasteiger partial charge is 0.0819 e. The summed E-state index contributed by atoms with van der Waals surface area (Å²) in [6.07, 6.45) is 2.37. The van der Waals surface area contributed by atoms with E-state index in [1.165, 1.54) is 22.8 Å². The Kier molecular flexibility index (Phi) is 4.50. The Morgan fingerprint density at radius 2 is 1.73 bits per heavy atom. The van der Waals surface area contributed by atoms with Crippen LogP contribution in [0, 0.1) is 0 Å². The van der Waals surface area contributed by atoms with E-state index in [1.54, 1.807) is 0 Å². The summed E-state index contributed by atoms with van der Waals surface area (Å²) in [5, 5.41) is 0. The molecular formula is C13H22B2. The van der Waals surface area contributed by atoms with Gasteiger partial charge in [0.1, 0.15) is 0 Å². The molecule has 15 heavy (non-hydrogen) atoms. The van der Waals surface area contributed by atoms with Crippen molar-refractivity contribution in [2.75, 3.05) is 0 Å². The van der Waals surface area contributed by atoms with Crippen molar-refractivity contribution in [3.8, 4) is 0 Å². The summed E-state index contributed by atoms with van der Waals surface area (Å²) in [5.74, 6) is 0. The highest BCUT2D eigenvalue weighted by molar-refractivity contribution is 6.75. The van der Waals surface area contributed by atoms with Crippen LogP contribution >= 0.6 is 0 Å². The lowest BCUT2D eigenvalue weighted by atomic mass is 9.42. The fourth-order valence-electron chi connectivity index (χ4n) is 2.02. The molecule has 0 N–H and O–H groups in total. The molecule has 0 spiro atoms. The average molecular weight is 200 g/mol. The topological polar surface area (TPSA) is 0 Å². The zero-order valence-electron chi connectivity index (χ0n) is 10.8. The van der Waals surface area contributed by atoms with E-state index < -0.39 is 0 Å². The van der Waals surface area contributed by atoms with Crippen molar-refractivity contribution in [3.05, 3.63) is 23.8 Å². The number of benzene rings is 1. The van der Waals surface area contributed by atoms with Gasteiger partial charge in [0.05, 0.1) is 0 Å². The Morgan fingerprint density at radius 1 is 1.07 bits per heavy atom. The van der Waals surface area contributed by atoms with Crippen LogP contribution in [0.5, 0.6) is 0 Å². The van der Waals surface area contributed by atoms with E-state index in [-0.39, 0.29) is 0 Å². The summed E-state index contributed by atoms with van der Waals surface area (Å²) in [5.41, 5.74) is 4.55. The number of rotatable bonds is 4. The zero-order valence-corrected chi connectivity index (χ0v) is 10.8. The Bertz CT molecular complexity index is 318. The van der Waals surface area contributed by atoms with Gasteiger partial charge in [0, 0.05) is 0 Å². The standard InChI is InChI=1S/C13H22B2/c1-6-11-8-9-12(15(5)7-2)10-13(11)14(3)4/h8-10H,6-7H2,1-5H3. The molecule has 1 aromatic rings. The van der Waals surface area contributed by atoms with Gasteiger partial charge in [0.2, 0.25) is 0 Å². The van der Waals surface area contributed by atoms with Crippen LogP contribution in [0.25, 0.3) is 0 Å². The number of hydrogen-bond donors (Lipinski definition) is 0. The van der Waals surface area contributed by atoms with Crippen LogP contribution in [-0.2, 0) is 6.42 Å². The molecule has 2 heteroatoms. The molecule has 0 unspecified atom stereocenters. The summed E-state index contributed by atoms with van der Waals surface area (Å²) < 4.78 is 0. The van der Waals surface area contributed by atoms with Crippen molar-refractivity contribution in [2.45, 2.75) is 47.1 Å². The van der Waals surface area contributed by atoms with Gasteiger partial charge in [-0.3, -0.25) is 0 Å². The van der Waals surface area contributed by atoms with Crippen LogP contribution in [-0.4, -0.2) is 13.4 Å². The van der Waals surface area contributed by atoms with Gasteiger partial charge in [-0.2, -0.15) is 0 Å². The molecule has 0 heterocycles. The largest absolute Gasteiger partial charge is 0.172 e. The molecule has 0 bridgehead atoms. The molecule has 0 fully saturated rings. The molecule has 1 aromatic carbocycles. The van der Waals surface area contributed by atoms with E-state index in [0.29, 0.717) is 13.4 Å². The van der Waals surface area contributed by atoms with Gasteiger partial charge in [-0.05, 0) is 6.42 Å².